The van der Waals surface area contributed by atoms with Gasteiger partial charge in [0.05, 0.1) is 23.7 Å². The average Bonchev–Trinajstić information content (AvgIpc) is 3.16. The highest BCUT2D eigenvalue weighted by Gasteiger charge is 2.20. The molecule has 0 saturated heterocycles. The minimum Gasteiger partial charge on any atom is -0.497 e. The second kappa shape index (κ2) is 9.00. The van der Waals surface area contributed by atoms with Gasteiger partial charge in [0.15, 0.2) is 5.58 Å². The van der Waals surface area contributed by atoms with Gasteiger partial charge in [0.25, 0.3) is 5.91 Å². The fourth-order valence-corrected chi connectivity index (χ4v) is 3.58. The lowest BCUT2D eigenvalue weighted by atomic mass is 10.1. The van der Waals surface area contributed by atoms with Gasteiger partial charge in [-0.3, -0.25) is 4.79 Å². The molecule has 0 spiro atoms. The molecule has 0 aliphatic heterocycles. The zero-order valence-corrected chi connectivity index (χ0v) is 18.6. The predicted molar refractivity (Wildman–Crippen MR) is 122 cm³/mol. The van der Waals surface area contributed by atoms with Crippen molar-refractivity contribution in [3.8, 4) is 5.75 Å². The van der Waals surface area contributed by atoms with Gasteiger partial charge in [-0.25, -0.2) is 4.98 Å². The molecule has 158 valence electrons. The largest absolute Gasteiger partial charge is 0.497 e. The molecule has 0 atom stereocenters. The Kier molecular flexibility index (Phi) is 6.16. The first-order valence-corrected chi connectivity index (χ1v) is 10.4. The molecule has 1 heterocycles. The van der Waals surface area contributed by atoms with Gasteiger partial charge in [0.1, 0.15) is 11.3 Å². The van der Waals surface area contributed by atoms with E-state index < -0.39 is 0 Å². The van der Waals surface area contributed by atoms with E-state index in [0.717, 1.165) is 22.4 Å². The van der Waals surface area contributed by atoms with Crippen molar-refractivity contribution < 1.29 is 13.9 Å². The van der Waals surface area contributed by atoms with Crippen molar-refractivity contribution in [3.63, 3.8) is 0 Å². The van der Waals surface area contributed by atoms with Crippen LogP contribution in [-0.2, 0) is 13.1 Å². The maximum absolute atomic E-state index is 13.3. The fourth-order valence-electron chi connectivity index (χ4n) is 3.28. The number of hydrogen-bond donors (Lipinski definition) is 0. The lowest BCUT2D eigenvalue weighted by molar-refractivity contribution is 0.0715. The van der Waals surface area contributed by atoms with Crippen LogP contribution in [0.2, 0.25) is 10.0 Å². The number of carbonyl (C=O) groups is 1. The number of hydrogen-bond acceptors (Lipinski definition) is 4. The zero-order valence-electron chi connectivity index (χ0n) is 17.1. The van der Waals surface area contributed by atoms with E-state index in [1.54, 1.807) is 30.2 Å². The summed E-state index contributed by atoms with van der Waals surface area (Å²) in [5.41, 5.74) is 3.93. The Morgan fingerprint density at radius 2 is 1.77 bits per heavy atom. The Hall–Kier alpha value is -3.02. The van der Waals surface area contributed by atoms with Crippen LogP contribution >= 0.6 is 23.2 Å². The summed E-state index contributed by atoms with van der Waals surface area (Å²) >= 11 is 12.2. The highest BCUT2D eigenvalue weighted by molar-refractivity contribution is 6.42. The molecule has 4 aromatic rings. The van der Waals surface area contributed by atoms with E-state index >= 15 is 0 Å². The first-order chi connectivity index (χ1) is 14.9. The minimum absolute atomic E-state index is 0.201. The highest BCUT2D eigenvalue weighted by Crippen LogP contribution is 2.25. The molecule has 0 radical (unpaired) electrons. The lowest BCUT2D eigenvalue weighted by Crippen LogP contribution is -2.30. The van der Waals surface area contributed by atoms with E-state index in [1.165, 1.54) is 0 Å². The molecule has 0 unspecified atom stereocenters. The van der Waals surface area contributed by atoms with Crippen molar-refractivity contribution in [2.45, 2.75) is 20.0 Å². The number of nitrogens with zero attached hydrogens (tertiary/aromatic N) is 2. The lowest BCUT2D eigenvalue weighted by Gasteiger charge is -2.22. The summed E-state index contributed by atoms with van der Waals surface area (Å²) in [5, 5.41) is 0.725. The zero-order chi connectivity index (χ0) is 22.0. The maximum Gasteiger partial charge on any atom is 0.254 e. The van der Waals surface area contributed by atoms with Crippen LogP contribution < -0.4 is 4.74 Å². The number of methoxy groups -OCH3 is 1. The Labute approximate surface area is 190 Å². The van der Waals surface area contributed by atoms with Gasteiger partial charge in [0, 0.05) is 12.1 Å². The van der Waals surface area contributed by atoms with Crippen LogP contribution in [0.1, 0.15) is 27.4 Å². The molecule has 4 rings (SSSR count). The molecule has 1 aromatic heterocycles. The number of fused-ring (bicyclic) bond motifs is 1. The molecule has 0 saturated carbocycles. The third-order valence-electron chi connectivity index (χ3n) is 4.90. The first kappa shape index (κ1) is 21.2. The van der Waals surface area contributed by atoms with E-state index in [0.29, 0.717) is 33.6 Å². The Morgan fingerprint density at radius 3 is 2.48 bits per heavy atom. The molecule has 0 aliphatic carbocycles. The van der Waals surface area contributed by atoms with Gasteiger partial charge >= 0.3 is 0 Å². The molecule has 0 bridgehead atoms. The highest BCUT2D eigenvalue weighted by atomic mass is 35.5. The number of oxazole rings is 1. The van der Waals surface area contributed by atoms with Gasteiger partial charge in [-0.2, -0.15) is 0 Å². The second-order valence-electron chi connectivity index (χ2n) is 7.22. The summed E-state index contributed by atoms with van der Waals surface area (Å²) in [5.74, 6) is 1.01. The van der Waals surface area contributed by atoms with Crippen molar-refractivity contribution in [2.24, 2.45) is 0 Å². The predicted octanol–water partition coefficient (Wildman–Crippen LogP) is 6.29. The van der Waals surface area contributed by atoms with Crippen LogP contribution in [-0.4, -0.2) is 22.9 Å². The number of benzene rings is 3. The number of ether oxygens (including phenoxy) is 1. The molecule has 0 aliphatic rings. The van der Waals surface area contributed by atoms with Crippen molar-refractivity contribution >= 4 is 40.2 Å². The average molecular weight is 455 g/mol. The third-order valence-corrected chi connectivity index (χ3v) is 5.64. The topological polar surface area (TPSA) is 55.6 Å². The summed E-state index contributed by atoms with van der Waals surface area (Å²) in [6, 6.07) is 18.2. The van der Waals surface area contributed by atoms with Gasteiger partial charge in [-0.05, 0) is 60.5 Å². The number of carbonyl (C=O) groups excluding carboxylic acids is 1. The van der Waals surface area contributed by atoms with Crippen LogP contribution in [0.4, 0.5) is 0 Å². The number of rotatable bonds is 6. The summed E-state index contributed by atoms with van der Waals surface area (Å²) in [6.45, 7) is 2.57. The number of halogens is 2. The number of amides is 1. The second-order valence-corrected chi connectivity index (χ2v) is 8.03. The molecule has 3 aromatic carbocycles. The molecule has 7 heteroatoms. The molecular formula is C24H20Cl2N2O3. The molecule has 0 N–H and O–H groups in total. The van der Waals surface area contributed by atoms with Gasteiger partial charge in [-0.15, -0.1) is 0 Å². The number of aromatic nitrogens is 1. The van der Waals surface area contributed by atoms with E-state index in [4.69, 9.17) is 32.4 Å². The minimum atomic E-state index is -0.201. The summed E-state index contributed by atoms with van der Waals surface area (Å²) in [4.78, 5) is 19.6. The summed E-state index contributed by atoms with van der Waals surface area (Å²) in [6.07, 6.45) is 0. The SMILES string of the molecule is COc1ccc(CN(Cc2nc3cc(C)ccc3o2)C(=O)c2ccc(Cl)c(Cl)c2)cc1. The number of aryl methyl sites for hydroxylation is 1. The monoisotopic (exact) mass is 454 g/mol. The molecule has 31 heavy (non-hydrogen) atoms. The van der Waals surface area contributed by atoms with Gasteiger partial charge in [-0.1, -0.05) is 41.4 Å². The fraction of sp³-hybridized carbons (Fsp3) is 0.167. The Bertz CT molecular complexity index is 1240. The summed E-state index contributed by atoms with van der Waals surface area (Å²) in [7, 11) is 1.62. The standard InChI is InChI=1S/C24H20Cl2N2O3/c1-15-3-10-22-21(11-15)27-23(31-22)14-28(13-16-4-7-18(30-2)8-5-16)24(29)17-6-9-19(25)20(26)12-17/h3-12H,13-14H2,1-2H3. The van der Waals surface area contributed by atoms with Crippen LogP contribution in [0.15, 0.2) is 65.1 Å². The maximum atomic E-state index is 13.3. The Balaban J connectivity index is 1.65. The summed E-state index contributed by atoms with van der Waals surface area (Å²) < 4.78 is 11.1. The molecule has 5 nitrogen and oxygen atoms in total. The first-order valence-electron chi connectivity index (χ1n) is 9.66. The van der Waals surface area contributed by atoms with Crippen LogP contribution in [0.25, 0.3) is 11.1 Å². The van der Waals surface area contributed by atoms with E-state index in [2.05, 4.69) is 4.98 Å². The Morgan fingerprint density at radius 1 is 1.00 bits per heavy atom. The van der Waals surface area contributed by atoms with Gasteiger partial charge < -0.3 is 14.1 Å². The van der Waals surface area contributed by atoms with Crippen LogP contribution in [0.3, 0.4) is 0 Å². The molecule has 1 amide bonds. The quantitative estimate of drug-likeness (QED) is 0.343. The van der Waals surface area contributed by atoms with Crippen molar-refractivity contribution in [3.05, 3.63) is 93.3 Å². The van der Waals surface area contributed by atoms with Crippen LogP contribution in [0, 0.1) is 6.92 Å². The van der Waals surface area contributed by atoms with Crippen molar-refractivity contribution in [1.82, 2.24) is 9.88 Å². The van der Waals surface area contributed by atoms with Gasteiger partial charge in [0.2, 0.25) is 5.89 Å². The van der Waals surface area contributed by atoms with Crippen molar-refractivity contribution in [1.29, 1.82) is 0 Å². The van der Waals surface area contributed by atoms with Crippen LogP contribution in [0.5, 0.6) is 5.75 Å². The molecule has 0 fully saturated rings. The van der Waals surface area contributed by atoms with E-state index in [9.17, 15) is 4.79 Å². The van der Waals surface area contributed by atoms with E-state index in [1.807, 2.05) is 49.4 Å². The normalized spacial score (nSPS) is 11.0. The third kappa shape index (κ3) is 4.84. The smallest absolute Gasteiger partial charge is 0.254 e. The molecular weight excluding hydrogens is 435 g/mol. The van der Waals surface area contributed by atoms with E-state index in [-0.39, 0.29) is 12.5 Å². The van der Waals surface area contributed by atoms with Crippen molar-refractivity contribution in [2.75, 3.05) is 7.11 Å².